The summed E-state index contributed by atoms with van der Waals surface area (Å²) in [5, 5.41) is 0. The summed E-state index contributed by atoms with van der Waals surface area (Å²) >= 11 is 0. The first-order valence-electron chi connectivity index (χ1n) is 12.6. The summed E-state index contributed by atoms with van der Waals surface area (Å²) in [6, 6.07) is 9.84. The van der Waals surface area contributed by atoms with Gasteiger partial charge in [0.05, 0.1) is 15.4 Å². The number of alkyl halides is 3. The predicted octanol–water partition coefficient (Wildman–Crippen LogP) is 6.58. The lowest BCUT2D eigenvalue weighted by atomic mass is 10.1. The summed E-state index contributed by atoms with van der Waals surface area (Å²) in [5.74, 6) is -0.0956. The summed E-state index contributed by atoms with van der Waals surface area (Å²) in [6.45, 7) is -1.31. The number of ketones is 1. The molecule has 0 aliphatic carbocycles. The van der Waals surface area contributed by atoms with E-state index in [1.54, 1.807) is 24.3 Å². The molecular weight excluding hydrogens is 417 g/mol. The van der Waals surface area contributed by atoms with Gasteiger partial charge in [-0.3, -0.25) is 9.20 Å². The maximum absolute atomic E-state index is 13.1. The molecule has 32 heavy (non-hydrogen) atoms. The topological polar surface area (TPSA) is 43.6 Å². The van der Waals surface area contributed by atoms with Gasteiger partial charge in [-0.05, 0) is 67.7 Å². The molecule has 0 aliphatic rings. The van der Waals surface area contributed by atoms with Crippen molar-refractivity contribution >= 4 is 11.4 Å². The molecule has 4 nitrogen and oxygen atoms in total. The summed E-state index contributed by atoms with van der Waals surface area (Å²) in [5.41, 5.74) is -0.670. The first-order chi connectivity index (χ1) is 17.7. The highest BCUT2D eigenvalue weighted by atomic mass is 19.4. The Morgan fingerprint density at radius 2 is 1.94 bits per heavy atom. The van der Waals surface area contributed by atoms with Crippen LogP contribution in [-0.2, 0) is 12.6 Å². The van der Waals surface area contributed by atoms with E-state index in [4.69, 9.17) is 13.0 Å². The van der Waals surface area contributed by atoms with Gasteiger partial charge in [0.15, 0.2) is 5.78 Å². The third-order valence-corrected chi connectivity index (χ3v) is 4.80. The fourth-order valence-electron chi connectivity index (χ4n) is 3.28. The highest BCUT2D eigenvalue weighted by Crippen LogP contribution is 2.32. The highest BCUT2D eigenvalue weighted by molar-refractivity contribution is 5.96. The number of fused-ring (bicyclic) bond motifs is 1. The van der Waals surface area contributed by atoms with Gasteiger partial charge in [-0.25, -0.2) is 4.98 Å². The molecule has 7 heteroatoms. The average Bonchev–Trinajstić information content (AvgIpc) is 3.18. The number of nitrogens with zero attached hydrogens (tertiary/aromatic N) is 2. The Morgan fingerprint density at radius 1 is 1.16 bits per heavy atom. The van der Waals surface area contributed by atoms with E-state index in [1.165, 1.54) is 19.1 Å². The van der Waals surface area contributed by atoms with E-state index in [0.29, 0.717) is 5.75 Å². The number of halogens is 3. The molecule has 0 N–H and O–H groups in total. The van der Waals surface area contributed by atoms with Crippen LogP contribution in [0.15, 0.2) is 66.8 Å². The van der Waals surface area contributed by atoms with E-state index in [-0.39, 0.29) is 35.6 Å². The van der Waals surface area contributed by atoms with Crippen LogP contribution in [0.4, 0.5) is 13.2 Å². The van der Waals surface area contributed by atoms with Gasteiger partial charge in [0.1, 0.15) is 22.8 Å². The quantitative estimate of drug-likeness (QED) is 0.316. The largest absolute Gasteiger partial charge is 0.457 e. The van der Waals surface area contributed by atoms with Crippen LogP contribution < -0.4 is 4.74 Å². The monoisotopic (exact) mass is 444 g/mol. The molecule has 0 bridgehead atoms. The van der Waals surface area contributed by atoms with Crippen LogP contribution in [0, 0.1) is 13.8 Å². The molecule has 0 aliphatic heterocycles. The molecule has 0 unspecified atom stereocenters. The number of rotatable bonds is 6. The lowest BCUT2D eigenvalue weighted by molar-refractivity contribution is -0.137. The number of imidazole rings is 1. The zero-order valence-electron chi connectivity index (χ0n) is 22.9. The van der Waals surface area contributed by atoms with Crippen LogP contribution in [0.25, 0.3) is 5.65 Å². The summed E-state index contributed by atoms with van der Waals surface area (Å²) < 4.78 is 92.8. The minimum Gasteiger partial charge on any atom is -0.457 e. The maximum atomic E-state index is 13.1. The number of ether oxygens (including phenoxy) is 1. The Kier molecular flexibility index (Phi) is 4.04. The molecule has 0 saturated carbocycles. The van der Waals surface area contributed by atoms with Gasteiger partial charge < -0.3 is 4.74 Å². The molecular formula is C25H21F3N2O2. The van der Waals surface area contributed by atoms with Crippen LogP contribution in [0.1, 0.15) is 47.5 Å². The van der Waals surface area contributed by atoms with Crippen LogP contribution >= 0.6 is 0 Å². The number of benzene rings is 2. The van der Waals surface area contributed by atoms with E-state index in [9.17, 15) is 18.0 Å². The van der Waals surface area contributed by atoms with Gasteiger partial charge in [0.2, 0.25) is 0 Å². The molecule has 0 radical (unpaired) electrons. The Labute approximate surface area is 191 Å². The third kappa shape index (κ3) is 4.66. The molecule has 2 aromatic heterocycles. The third-order valence-electron chi connectivity index (χ3n) is 4.80. The molecule has 4 aromatic rings. The van der Waals surface area contributed by atoms with Crippen LogP contribution in [0.5, 0.6) is 11.5 Å². The maximum Gasteiger partial charge on any atom is 0.416 e. The minimum atomic E-state index is -4.49. The lowest BCUT2D eigenvalue weighted by Gasteiger charge is -2.10. The van der Waals surface area contributed by atoms with Crippen LogP contribution in [-0.4, -0.2) is 15.2 Å². The van der Waals surface area contributed by atoms with Crippen LogP contribution in [0.3, 0.4) is 0 Å². The smallest absolute Gasteiger partial charge is 0.416 e. The van der Waals surface area contributed by atoms with E-state index in [2.05, 4.69) is 4.98 Å². The van der Waals surface area contributed by atoms with E-state index in [0.717, 1.165) is 22.1 Å². The number of aromatic nitrogens is 2. The van der Waals surface area contributed by atoms with Crippen molar-refractivity contribution in [2.75, 3.05) is 0 Å². The molecule has 0 amide bonds. The number of carbonyl (C=O) groups is 1. The van der Waals surface area contributed by atoms with Gasteiger partial charge >= 0.3 is 6.18 Å². The number of hydrogen-bond donors (Lipinski definition) is 0. The second kappa shape index (κ2) is 8.49. The first kappa shape index (κ1) is 15.2. The number of hydrogen-bond acceptors (Lipinski definition) is 3. The van der Waals surface area contributed by atoms with Gasteiger partial charge in [0, 0.05) is 16.7 Å². The summed E-state index contributed by atoms with van der Waals surface area (Å²) in [6.07, 6.45) is -4.84. The second-order valence-electron chi connectivity index (χ2n) is 7.14. The summed E-state index contributed by atoms with van der Waals surface area (Å²) in [4.78, 5) is 17.3. The highest BCUT2D eigenvalue weighted by Gasteiger charge is 2.30. The normalized spacial score (nSPS) is 14.8. The SMILES string of the molecule is [2H]c1c(C([2H])([2H])[2H])c([2H])n2c(C(=O)CCc3ccc(Oc4cccc(C(F)(F)F)c4)cc3)c(C)nc2c1[2H]. The van der Waals surface area contributed by atoms with Gasteiger partial charge in [-0.2, -0.15) is 13.2 Å². The molecule has 2 aromatic carbocycles. The van der Waals surface area contributed by atoms with Crippen molar-refractivity contribution in [2.45, 2.75) is 32.8 Å². The van der Waals surface area contributed by atoms with Crippen LogP contribution in [0.2, 0.25) is 0 Å². The molecule has 0 saturated heterocycles. The van der Waals surface area contributed by atoms with Crippen molar-refractivity contribution in [3.05, 3.63) is 94.9 Å². The van der Waals surface area contributed by atoms with Crippen molar-refractivity contribution in [3.8, 4) is 11.5 Å². The molecule has 4 rings (SSSR count). The average molecular weight is 444 g/mol. The molecule has 0 fully saturated rings. The fourth-order valence-corrected chi connectivity index (χ4v) is 3.28. The molecule has 0 atom stereocenters. The minimum absolute atomic E-state index is 0.0199. The van der Waals surface area contributed by atoms with E-state index < -0.39 is 48.2 Å². The Balaban J connectivity index is 1.53. The van der Waals surface area contributed by atoms with Crippen molar-refractivity contribution in [2.24, 2.45) is 0 Å². The molecule has 164 valence electrons. The fraction of sp³-hybridized carbons (Fsp3) is 0.200. The zero-order valence-corrected chi connectivity index (χ0v) is 16.9. The Bertz CT molecular complexity index is 1530. The number of carbonyl (C=O) groups excluding carboxylic acids is 1. The van der Waals surface area contributed by atoms with Gasteiger partial charge in [-0.1, -0.05) is 24.2 Å². The Morgan fingerprint density at radius 3 is 2.66 bits per heavy atom. The Hall–Kier alpha value is -3.61. The number of pyridine rings is 1. The number of aryl methyl sites for hydroxylation is 2. The summed E-state index contributed by atoms with van der Waals surface area (Å²) in [7, 11) is 0. The van der Waals surface area contributed by atoms with Crippen molar-refractivity contribution in [3.63, 3.8) is 0 Å². The van der Waals surface area contributed by atoms with E-state index >= 15 is 0 Å². The number of Topliss-reactive ketones (excluding diaryl/α,β-unsaturated/α-hetero) is 1. The van der Waals surface area contributed by atoms with Gasteiger partial charge in [0.25, 0.3) is 0 Å². The van der Waals surface area contributed by atoms with Crippen molar-refractivity contribution < 1.29 is 30.9 Å². The molecule has 2 heterocycles. The molecule has 0 spiro atoms. The van der Waals surface area contributed by atoms with E-state index in [1.807, 2.05) is 0 Å². The standard InChI is InChI=1S/C25H21F3N2O2/c1-16-6-13-23-29-17(2)24(30(23)15-16)22(31)12-9-18-7-10-20(11-8-18)32-21-5-3-4-19(14-21)25(26,27)28/h3-8,10-11,13-15H,9,12H2,1-2H3/i1D3,6D,13D,15D. The van der Waals surface area contributed by atoms with Gasteiger partial charge in [-0.15, -0.1) is 0 Å². The predicted molar refractivity (Wildman–Crippen MR) is 115 cm³/mol. The lowest BCUT2D eigenvalue weighted by Crippen LogP contribution is -2.07. The van der Waals surface area contributed by atoms with Crippen molar-refractivity contribution in [1.82, 2.24) is 9.38 Å². The zero-order chi connectivity index (χ0) is 28.0. The second-order valence-corrected chi connectivity index (χ2v) is 7.14. The van der Waals surface area contributed by atoms with Crippen molar-refractivity contribution in [1.29, 1.82) is 0 Å². The first-order valence-corrected chi connectivity index (χ1v) is 9.65.